The van der Waals surface area contributed by atoms with Gasteiger partial charge in [-0.15, -0.1) is 0 Å². The minimum Gasteiger partial charge on any atom is -0.392 e. The lowest BCUT2D eigenvalue weighted by Crippen LogP contribution is -2.43. The second-order valence-electron chi connectivity index (χ2n) is 5.56. The molecule has 1 heterocycles. The van der Waals surface area contributed by atoms with E-state index in [4.69, 9.17) is 0 Å². The van der Waals surface area contributed by atoms with E-state index < -0.39 is 0 Å². The van der Waals surface area contributed by atoms with Gasteiger partial charge in [-0.25, -0.2) is 0 Å². The van der Waals surface area contributed by atoms with Crippen molar-refractivity contribution in [2.24, 2.45) is 5.41 Å². The van der Waals surface area contributed by atoms with Crippen molar-refractivity contribution >= 4 is 0 Å². The standard InChI is InChI=1S/C11H23NO/c1-8(2)12-7-9(13)6-10(12)11(3,4)5/h8-10,13H,6-7H2,1-5H3/t9-,10?/m1/s1. The molecule has 1 N–H and O–H groups in total. The molecular weight excluding hydrogens is 162 g/mol. The molecule has 0 bridgehead atoms. The lowest BCUT2D eigenvalue weighted by atomic mass is 9.84. The summed E-state index contributed by atoms with van der Waals surface area (Å²) in [6.45, 7) is 12.0. The van der Waals surface area contributed by atoms with Crippen LogP contribution in [0.15, 0.2) is 0 Å². The highest BCUT2D eigenvalue weighted by Crippen LogP contribution is 2.33. The summed E-state index contributed by atoms with van der Waals surface area (Å²) in [7, 11) is 0. The van der Waals surface area contributed by atoms with E-state index in [1.54, 1.807) is 0 Å². The first kappa shape index (κ1) is 11.0. The van der Waals surface area contributed by atoms with Crippen molar-refractivity contribution in [3.8, 4) is 0 Å². The average Bonchev–Trinajstić information content (AvgIpc) is 2.29. The minimum atomic E-state index is -0.119. The Kier molecular flexibility index (Phi) is 3.03. The van der Waals surface area contributed by atoms with E-state index >= 15 is 0 Å². The van der Waals surface area contributed by atoms with E-state index in [1.807, 2.05) is 0 Å². The number of nitrogens with zero attached hydrogens (tertiary/aromatic N) is 1. The summed E-state index contributed by atoms with van der Waals surface area (Å²) < 4.78 is 0. The molecule has 0 radical (unpaired) electrons. The second-order valence-corrected chi connectivity index (χ2v) is 5.56. The Labute approximate surface area is 81.9 Å². The van der Waals surface area contributed by atoms with Gasteiger partial charge in [-0.3, -0.25) is 4.90 Å². The lowest BCUT2D eigenvalue weighted by Gasteiger charge is -2.37. The molecule has 0 saturated carbocycles. The Morgan fingerprint density at radius 1 is 1.31 bits per heavy atom. The molecule has 0 aromatic rings. The van der Waals surface area contributed by atoms with Gasteiger partial charge in [0.1, 0.15) is 0 Å². The number of rotatable bonds is 1. The first-order valence-corrected chi connectivity index (χ1v) is 5.26. The van der Waals surface area contributed by atoms with Gasteiger partial charge in [0.2, 0.25) is 0 Å². The third-order valence-corrected chi connectivity index (χ3v) is 2.98. The van der Waals surface area contributed by atoms with Gasteiger partial charge in [0.05, 0.1) is 6.10 Å². The van der Waals surface area contributed by atoms with E-state index in [0.717, 1.165) is 13.0 Å². The molecule has 2 nitrogen and oxygen atoms in total. The Morgan fingerprint density at radius 3 is 2.15 bits per heavy atom. The Bertz CT molecular complexity index is 171. The summed E-state index contributed by atoms with van der Waals surface area (Å²) in [5, 5.41) is 9.64. The van der Waals surface area contributed by atoms with Crippen molar-refractivity contribution in [3.05, 3.63) is 0 Å². The molecule has 0 aliphatic carbocycles. The maximum Gasteiger partial charge on any atom is 0.0682 e. The quantitative estimate of drug-likeness (QED) is 0.674. The SMILES string of the molecule is CC(C)N1C[C@H](O)CC1C(C)(C)C. The average molecular weight is 185 g/mol. The monoisotopic (exact) mass is 185 g/mol. The first-order chi connectivity index (χ1) is 5.82. The van der Waals surface area contributed by atoms with Crippen LogP contribution in [0, 0.1) is 5.41 Å². The fourth-order valence-corrected chi connectivity index (χ4v) is 2.26. The summed E-state index contributed by atoms with van der Waals surface area (Å²) in [5.41, 5.74) is 0.280. The third-order valence-electron chi connectivity index (χ3n) is 2.98. The molecular formula is C11H23NO. The molecule has 1 aliphatic rings. The van der Waals surface area contributed by atoms with Crippen molar-refractivity contribution in [1.29, 1.82) is 0 Å². The van der Waals surface area contributed by atoms with Crippen molar-refractivity contribution in [3.63, 3.8) is 0 Å². The third kappa shape index (κ3) is 2.44. The second kappa shape index (κ2) is 3.58. The molecule has 78 valence electrons. The molecule has 1 rings (SSSR count). The summed E-state index contributed by atoms with van der Waals surface area (Å²) in [4.78, 5) is 2.42. The fraction of sp³-hybridized carbons (Fsp3) is 1.00. The molecule has 0 spiro atoms. The molecule has 1 fully saturated rings. The topological polar surface area (TPSA) is 23.5 Å². The molecule has 2 heteroatoms. The molecule has 13 heavy (non-hydrogen) atoms. The van der Waals surface area contributed by atoms with Crippen LogP contribution in [0.3, 0.4) is 0 Å². The summed E-state index contributed by atoms with van der Waals surface area (Å²) >= 11 is 0. The van der Waals surface area contributed by atoms with Crippen LogP contribution in [0.2, 0.25) is 0 Å². The van der Waals surface area contributed by atoms with Gasteiger partial charge >= 0.3 is 0 Å². The van der Waals surface area contributed by atoms with E-state index in [9.17, 15) is 5.11 Å². The van der Waals surface area contributed by atoms with Crippen LogP contribution in [0.1, 0.15) is 41.0 Å². The van der Waals surface area contributed by atoms with E-state index in [2.05, 4.69) is 39.5 Å². The Morgan fingerprint density at radius 2 is 1.85 bits per heavy atom. The Hall–Kier alpha value is -0.0800. The molecule has 0 aromatic heterocycles. The molecule has 1 aliphatic heterocycles. The lowest BCUT2D eigenvalue weighted by molar-refractivity contribution is 0.109. The zero-order chi connectivity index (χ0) is 10.2. The highest BCUT2D eigenvalue weighted by atomic mass is 16.3. The minimum absolute atomic E-state index is 0.119. The predicted octanol–water partition coefficient (Wildman–Crippen LogP) is 1.88. The van der Waals surface area contributed by atoms with Gasteiger partial charge in [-0.05, 0) is 25.7 Å². The fourth-order valence-electron chi connectivity index (χ4n) is 2.26. The van der Waals surface area contributed by atoms with Gasteiger partial charge in [0, 0.05) is 18.6 Å². The number of hydrogen-bond acceptors (Lipinski definition) is 2. The summed E-state index contributed by atoms with van der Waals surface area (Å²) in [6, 6.07) is 1.07. The number of hydrogen-bond donors (Lipinski definition) is 1. The van der Waals surface area contributed by atoms with Crippen LogP contribution in [-0.2, 0) is 0 Å². The number of β-amino-alcohol motifs (C(OH)–C–C–N with tert-alkyl or cyclic N) is 1. The van der Waals surface area contributed by atoms with E-state index in [-0.39, 0.29) is 11.5 Å². The summed E-state index contributed by atoms with van der Waals surface area (Å²) in [6.07, 6.45) is 0.813. The maximum absolute atomic E-state index is 9.64. The molecule has 0 aromatic carbocycles. The van der Waals surface area contributed by atoms with Gasteiger partial charge in [0.15, 0.2) is 0 Å². The van der Waals surface area contributed by atoms with Gasteiger partial charge in [-0.2, -0.15) is 0 Å². The molecule has 1 unspecified atom stereocenters. The first-order valence-electron chi connectivity index (χ1n) is 5.26. The van der Waals surface area contributed by atoms with Crippen LogP contribution in [-0.4, -0.2) is 34.7 Å². The highest BCUT2D eigenvalue weighted by Gasteiger charge is 2.39. The predicted molar refractivity (Wildman–Crippen MR) is 55.7 cm³/mol. The van der Waals surface area contributed by atoms with Crippen molar-refractivity contribution in [2.75, 3.05) is 6.54 Å². The van der Waals surface area contributed by atoms with E-state index in [0.29, 0.717) is 12.1 Å². The van der Waals surface area contributed by atoms with Crippen molar-refractivity contribution in [2.45, 2.75) is 59.2 Å². The van der Waals surface area contributed by atoms with Crippen LogP contribution >= 0.6 is 0 Å². The molecule has 1 saturated heterocycles. The number of aliphatic hydroxyl groups excluding tert-OH is 1. The zero-order valence-electron chi connectivity index (χ0n) is 9.54. The highest BCUT2D eigenvalue weighted by molar-refractivity contribution is 4.93. The van der Waals surface area contributed by atoms with Crippen LogP contribution in [0.5, 0.6) is 0 Å². The number of aliphatic hydroxyl groups is 1. The number of likely N-dealkylation sites (tertiary alicyclic amines) is 1. The van der Waals surface area contributed by atoms with Crippen LogP contribution < -0.4 is 0 Å². The normalized spacial score (nSPS) is 31.6. The van der Waals surface area contributed by atoms with Gasteiger partial charge < -0.3 is 5.11 Å². The molecule has 2 atom stereocenters. The molecule has 0 amide bonds. The largest absolute Gasteiger partial charge is 0.392 e. The smallest absolute Gasteiger partial charge is 0.0682 e. The van der Waals surface area contributed by atoms with Gasteiger partial charge in [0.25, 0.3) is 0 Å². The van der Waals surface area contributed by atoms with Crippen molar-refractivity contribution < 1.29 is 5.11 Å². The van der Waals surface area contributed by atoms with E-state index in [1.165, 1.54) is 0 Å². The van der Waals surface area contributed by atoms with Crippen LogP contribution in [0.4, 0.5) is 0 Å². The maximum atomic E-state index is 9.64. The summed E-state index contributed by atoms with van der Waals surface area (Å²) in [5.74, 6) is 0. The Balaban J connectivity index is 2.72. The van der Waals surface area contributed by atoms with Crippen molar-refractivity contribution in [1.82, 2.24) is 4.90 Å². The van der Waals surface area contributed by atoms with Gasteiger partial charge in [-0.1, -0.05) is 20.8 Å². The van der Waals surface area contributed by atoms with Crippen LogP contribution in [0.25, 0.3) is 0 Å². The zero-order valence-corrected chi connectivity index (χ0v) is 9.54.